The number of nitrogens with two attached hydrogens (primary N) is 1. The van der Waals surface area contributed by atoms with E-state index in [0.717, 1.165) is 4.90 Å². The Morgan fingerprint density at radius 1 is 1.29 bits per heavy atom. The first-order chi connectivity index (χ1) is 9.97. The van der Waals surface area contributed by atoms with Gasteiger partial charge in [-0.2, -0.15) is 4.98 Å². The molecule has 1 aliphatic heterocycles. The maximum Gasteiger partial charge on any atom is 0.293 e. The molecular weight excluding hydrogens is 276 g/mol. The topological polar surface area (TPSA) is 134 Å². The van der Waals surface area contributed by atoms with Gasteiger partial charge in [0.05, 0.1) is 11.1 Å². The first-order valence-corrected chi connectivity index (χ1v) is 5.93. The summed E-state index contributed by atoms with van der Waals surface area (Å²) in [4.78, 5) is 40.2. The molecule has 0 unspecified atom stereocenters. The molecule has 0 spiro atoms. The van der Waals surface area contributed by atoms with Crippen LogP contribution < -0.4 is 11.1 Å². The molecule has 21 heavy (non-hydrogen) atoms. The molecule has 3 amide bonds. The van der Waals surface area contributed by atoms with Crippen molar-refractivity contribution < 1.29 is 14.4 Å². The summed E-state index contributed by atoms with van der Waals surface area (Å²) in [5, 5.41) is 8.46. The highest BCUT2D eigenvalue weighted by atomic mass is 16.2. The SMILES string of the molecule is CN1C(=O)c2ccc(NC(=O)c3nc(N)n[nH]3)cc2C1=O. The van der Waals surface area contributed by atoms with Crippen molar-refractivity contribution in [2.75, 3.05) is 18.1 Å². The van der Waals surface area contributed by atoms with E-state index in [9.17, 15) is 14.4 Å². The summed E-state index contributed by atoms with van der Waals surface area (Å²) in [6.07, 6.45) is 0. The van der Waals surface area contributed by atoms with Crippen LogP contribution in [0.5, 0.6) is 0 Å². The Balaban J connectivity index is 1.87. The van der Waals surface area contributed by atoms with E-state index in [1.165, 1.54) is 25.2 Å². The highest BCUT2D eigenvalue weighted by Crippen LogP contribution is 2.24. The fraction of sp³-hybridized carbons (Fsp3) is 0.0833. The van der Waals surface area contributed by atoms with Crippen molar-refractivity contribution in [1.82, 2.24) is 20.1 Å². The van der Waals surface area contributed by atoms with Crippen LogP contribution in [0.1, 0.15) is 31.3 Å². The van der Waals surface area contributed by atoms with Gasteiger partial charge in [-0.05, 0) is 18.2 Å². The van der Waals surface area contributed by atoms with Gasteiger partial charge in [-0.1, -0.05) is 0 Å². The molecule has 0 saturated carbocycles. The van der Waals surface area contributed by atoms with E-state index < -0.39 is 11.8 Å². The van der Waals surface area contributed by atoms with E-state index in [0.29, 0.717) is 11.3 Å². The predicted molar refractivity (Wildman–Crippen MR) is 71.6 cm³/mol. The van der Waals surface area contributed by atoms with Crippen molar-refractivity contribution in [1.29, 1.82) is 0 Å². The quantitative estimate of drug-likeness (QED) is 0.658. The Bertz CT molecular complexity index is 781. The van der Waals surface area contributed by atoms with E-state index in [1.807, 2.05) is 0 Å². The lowest BCUT2D eigenvalue weighted by Gasteiger charge is -2.04. The molecule has 0 bridgehead atoms. The van der Waals surface area contributed by atoms with Gasteiger partial charge in [-0.25, -0.2) is 0 Å². The summed E-state index contributed by atoms with van der Waals surface area (Å²) >= 11 is 0. The largest absolute Gasteiger partial charge is 0.366 e. The third-order valence-corrected chi connectivity index (χ3v) is 3.07. The number of aromatic nitrogens is 3. The number of fused-ring (bicyclic) bond motifs is 1. The average Bonchev–Trinajstić information content (AvgIpc) is 2.98. The zero-order valence-electron chi connectivity index (χ0n) is 10.9. The number of carbonyl (C=O) groups is 3. The molecular formula is C12H10N6O3. The summed E-state index contributed by atoms with van der Waals surface area (Å²) in [6.45, 7) is 0. The summed E-state index contributed by atoms with van der Waals surface area (Å²) in [5.74, 6) is -1.42. The van der Waals surface area contributed by atoms with Crippen molar-refractivity contribution in [3.63, 3.8) is 0 Å². The summed E-state index contributed by atoms with van der Waals surface area (Å²) < 4.78 is 0. The van der Waals surface area contributed by atoms with Gasteiger partial charge in [0.2, 0.25) is 11.8 Å². The van der Waals surface area contributed by atoms with Crippen molar-refractivity contribution in [3.05, 3.63) is 35.2 Å². The molecule has 9 heteroatoms. The molecule has 0 radical (unpaired) electrons. The fourth-order valence-electron chi connectivity index (χ4n) is 2.01. The average molecular weight is 286 g/mol. The number of anilines is 2. The lowest BCUT2D eigenvalue weighted by Crippen LogP contribution is -2.24. The Morgan fingerprint density at radius 2 is 2.00 bits per heavy atom. The van der Waals surface area contributed by atoms with Crippen molar-refractivity contribution in [2.45, 2.75) is 0 Å². The third kappa shape index (κ3) is 2.00. The van der Waals surface area contributed by atoms with Crippen LogP contribution in [0.4, 0.5) is 11.6 Å². The van der Waals surface area contributed by atoms with E-state index in [4.69, 9.17) is 5.73 Å². The zero-order valence-corrected chi connectivity index (χ0v) is 10.9. The zero-order chi connectivity index (χ0) is 15.1. The predicted octanol–water partition coefficient (Wildman–Crippen LogP) is -0.135. The van der Waals surface area contributed by atoms with Crippen LogP contribution in [0.25, 0.3) is 0 Å². The first-order valence-electron chi connectivity index (χ1n) is 5.93. The first kappa shape index (κ1) is 12.8. The molecule has 0 atom stereocenters. The summed E-state index contributed by atoms with van der Waals surface area (Å²) in [7, 11) is 1.40. The van der Waals surface area contributed by atoms with Gasteiger partial charge in [-0.3, -0.25) is 24.4 Å². The molecule has 0 fully saturated rings. The maximum atomic E-state index is 11.9. The molecule has 2 heterocycles. The summed E-state index contributed by atoms with van der Waals surface area (Å²) in [6, 6.07) is 4.46. The molecule has 1 aromatic carbocycles. The van der Waals surface area contributed by atoms with Crippen molar-refractivity contribution in [2.24, 2.45) is 0 Å². The lowest BCUT2D eigenvalue weighted by molar-refractivity contribution is 0.0692. The monoisotopic (exact) mass is 286 g/mol. The number of H-pyrrole nitrogens is 1. The van der Waals surface area contributed by atoms with Gasteiger partial charge in [-0.15, -0.1) is 5.10 Å². The van der Waals surface area contributed by atoms with Crippen molar-refractivity contribution in [3.8, 4) is 0 Å². The molecule has 9 nitrogen and oxygen atoms in total. The minimum absolute atomic E-state index is 0.0449. The highest BCUT2D eigenvalue weighted by Gasteiger charge is 2.32. The molecule has 1 aromatic heterocycles. The van der Waals surface area contributed by atoms with Crippen LogP contribution in [0.15, 0.2) is 18.2 Å². The maximum absolute atomic E-state index is 11.9. The number of rotatable bonds is 2. The van der Waals surface area contributed by atoms with Crippen LogP contribution in [0, 0.1) is 0 Å². The van der Waals surface area contributed by atoms with Gasteiger partial charge in [0.1, 0.15) is 0 Å². The van der Waals surface area contributed by atoms with Crippen LogP contribution in [-0.4, -0.2) is 44.9 Å². The van der Waals surface area contributed by atoms with Gasteiger partial charge >= 0.3 is 0 Å². The highest BCUT2D eigenvalue weighted by molar-refractivity contribution is 6.21. The van der Waals surface area contributed by atoms with E-state index in [-0.39, 0.29) is 23.2 Å². The second kappa shape index (κ2) is 4.40. The van der Waals surface area contributed by atoms with E-state index >= 15 is 0 Å². The van der Waals surface area contributed by atoms with Gasteiger partial charge < -0.3 is 11.1 Å². The minimum atomic E-state index is -0.552. The number of hydrogen-bond donors (Lipinski definition) is 3. The number of nitrogens with zero attached hydrogens (tertiary/aromatic N) is 3. The summed E-state index contributed by atoms with van der Waals surface area (Å²) in [5.41, 5.74) is 6.23. The number of aromatic amines is 1. The van der Waals surface area contributed by atoms with Crippen LogP contribution in [0.3, 0.4) is 0 Å². The smallest absolute Gasteiger partial charge is 0.293 e. The Kier molecular flexibility index (Phi) is 2.68. The molecule has 4 N–H and O–H groups in total. The number of carbonyl (C=O) groups excluding carboxylic acids is 3. The Hall–Kier alpha value is -3.23. The molecule has 0 aliphatic carbocycles. The number of nitrogen functional groups attached to an aromatic ring is 1. The van der Waals surface area contributed by atoms with E-state index in [1.54, 1.807) is 0 Å². The van der Waals surface area contributed by atoms with Gasteiger partial charge in [0, 0.05) is 12.7 Å². The van der Waals surface area contributed by atoms with Crippen LogP contribution in [0.2, 0.25) is 0 Å². The van der Waals surface area contributed by atoms with Gasteiger partial charge in [0.15, 0.2) is 0 Å². The molecule has 2 aromatic rings. The molecule has 1 aliphatic rings. The number of nitrogens with one attached hydrogen (secondary N) is 2. The Labute approximate surface area is 118 Å². The normalized spacial score (nSPS) is 13.5. The second-order valence-electron chi connectivity index (χ2n) is 4.43. The fourth-order valence-corrected chi connectivity index (χ4v) is 2.01. The number of hydrogen-bond acceptors (Lipinski definition) is 6. The van der Waals surface area contributed by atoms with Gasteiger partial charge in [0.25, 0.3) is 17.7 Å². The number of benzene rings is 1. The molecule has 106 valence electrons. The molecule has 0 saturated heterocycles. The third-order valence-electron chi connectivity index (χ3n) is 3.07. The van der Waals surface area contributed by atoms with Crippen molar-refractivity contribution >= 4 is 29.4 Å². The van der Waals surface area contributed by atoms with Crippen LogP contribution >= 0.6 is 0 Å². The second-order valence-corrected chi connectivity index (χ2v) is 4.43. The minimum Gasteiger partial charge on any atom is -0.366 e. The van der Waals surface area contributed by atoms with Crippen LogP contribution in [-0.2, 0) is 0 Å². The molecule has 3 rings (SSSR count). The van der Waals surface area contributed by atoms with E-state index in [2.05, 4.69) is 20.5 Å². The Morgan fingerprint density at radius 3 is 2.67 bits per heavy atom. The number of imide groups is 1. The standard InChI is InChI=1S/C12H10N6O3/c1-18-10(20)6-3-2-5(4-7(6)11(18)21)14-9(19)8-15-12(13)17-16-8/h2-4H,1H3,(H,14,19)(H3,13,15,16,17). The number of amides is 3. The lowest BCUT2D eigenvalue weighted by atomic mass is 10.1.